The topological polar surface area (TPSA) is 130 Å². The number of amides is 2. The van der Waals surface area contributed by atoms with Crippen LogP contribution in [0.4, 0.5) is 16.3 Å². The van der Waals surface area contributed by atoms with Gasteiger partial charge in [-0.2, -0.15) is 0 Å². The van der Waals surface area contributed by atoms with Crippen LogP contribution in [0.2, 0.25) is 0 Å². The average Bonchev–Trinajstić information content (AvgIpc) is 3.30. The second-order valence-corrected chi connectivity index (χ2v) is 8.45. The third-order valence-electron chi connectivity index (χ3n) is 5.21. The van der Waals surface area contributed by atoms with Crippen LogP contribution in [0, 0.1) is 0 Å². The molecule has 2 aromatic carbocycles. The smallest absolute Gasteiger partial charge is 0.324 e. The summed E-state index contributed by atoms with van der Waals surface area (Å²) in [6, 6.07) is 16.1. The molecule has 0 atom stereocenters. The monoisotopic (exact) mass is 482 g/mol. The molecule has 0 aliphatic carbocycles. The highest BCUT2D eigenvalue weighted by molar-refractivity contribution is 7.18. The lowest BCUT2D eigenvalue weighted by Gasteiger charge is -2.08. The molecule has 5 rings (SSSR count). The second-order valence-electron chi connectivity index (χ2n) is 7.57. The van der Waals surface area contributed by atoms with E-state index in [-0.39, 0.29) is 6.42 Å². The maximum absolute atomic E-state index is 12.2. The fourth-order valence-electron chi connectivity index (χ4n) is 3.59. The third-order valence-corrected chi connectivity index (χ3v) is 6.19. The van der Waals surface area contributed by atoms with Gasteiger partial charge < -0.3 is 10.4 Å². The van der Waals surface area contributed by atoms with E-state index in [1.807, 2.05) is 41.8 Å². The molecule has 3 heterocycles. The quantitative estimate of drug-likeness (QED) is 0.307. The lowest BCUT2D eigenvalue weighted by atomic mass is 10.0. The van der Waals surface area contributed by atoms with Crippen molar-refractivity contribution in [3.63, 3.8) is 0 Å². The molecule has 3 N–H and O–H groups in total. The predicted molar refractivity (Wildman–Crippen MR) is 134 cm³/mol. The van der Waals surface area contributed by atoms with Crippen molar-refractivity contribution in [3.8, 4) is 22.4 Å². The Hall–Kier alpha value is -4.70. The molecule has 0 spiro atoms. The van der Waals surface area contributed by atoms with Crippen molar-refractivity contribution in [1.82, 2.24) is 19.9 Å². The minimum atomic E-state index is -0.858. The van der Waals surface area contributed by atoms with E-state index in [1.54, 1.807) is 35.7 Å². The summed E-state index contributed by atoms with van der Waals surface area (Å²) in [4.78, 5) is 39.9. The number of aliphatic carboxylic acids is 1. The molecule has 0 saturated carbocycles. The molecule has 0 bridgehead atoms. The highest BCUT2D eigenvalue weighted by Gasteiger charge is 2.14. The van der Waals surface area contributed by atoms with Crippen molar-refractivity contribution < 1.29 is 14.7 Å². The Labute approximate surface area is 203 Å². The van der Waals surface area contributed by atoms with E-state index in [0.29, 0.717) is 11.5 Å². The maximum Gasteiger partial charge on any atom is 0.324 e. The van der Waals surface area contributed by atoms with Gasteiger partial charge in [0.25, 0.3) is 0 Å². The Kier molecular flexibility index (Phi) is 6.10. The highest BCUT2D eigenvalue weighted by Crippen LogP contribution is 2.37. The molecule has 0 unspecified atom stereocenters. The van der Waals surface area contributed by atoms with E-state index in [1.165, 1.54) is 12.7 Å². The van der Waals surface area contributed by atoms with Gasteiger partial charge in [0.1, 0.15) is 18.5 Å². The fourth-order valence-corrected chi connectivity index (χ4v) is 4.63. The van der Waals surface area contributed by atoms with Crippen molar-refractivity contribution in [2.75, 3.05) is 10.6 Å². The lowest BCUT2D eigenvalue weighted by Crippen LogP contribution is -2.19. The summed E-state index contributed by atoms with van der Waals surface area (Å²) in [7, 11) is 0. The van der Waals surface area contributed by atoms with Crippen LogP contribution >= 0.6 is 11.3 Å². The van der Waals surface area contributed by atoms with E-state index in [0.717, 1.165) is 38.2 Å². The molecule has 10 heteroatoms. The van der Waals surface area contributed by atoms with E-state index < -0.39 is 12.0 Å². The summed E-state index contributed by atoms with van der Waals surface area (Å²) in [5.41, 5.74) is 5.82. The van der Waals surface area contributed by atoms with Crippen molar-refractivity contribution in [3.05, 3.63) is 84.4 Å². The number of carbonyl (C=O) groups excluding carboxylic acids is 1. The Morgan fingerprint density at radius 2 is 1.63 bits per heavy atom. The maximum atomic E-state index is 12.2. The molecular weight excluding hydrogens is 464 g/mol. The number of carbonyl (C=O) groups is 2. The number of aromatic nitrogens is 4. The van der Waals surface area contributed by atoms with Crippen LogP contribution in [0.5, 0.6) is 0 Å². The minimum Gasteiger partial charge on any atom is -0.481 e. The zero-order chi connectivity index (χ0) is 24.2. The SMILES string of the molecule is O=C(O)Cc1ccc(-c2csc3c(-c4ccc(NC(=O)Nc5ccncn5)cc4)ncnc23)cc1. The molecule has 0 fully saturated rings. The molecular formula is C25H18N6O3S. The highest BCUT2D eigenvalue weighted by atomic mass is 32.1. The number of thiophene rings is 1. The summed E-state index contributed by atoms with van der Waals surface area (Å²) in [6.45, 7) is 0. The van der Waals surface area contributed by atoms with Gasteiger partial charge in [0.15, 0.2) is 0 Å². The average molecular weight is 483 g/mol. The molecule has 0 saturated heterocycles. The van der Waals surface area contributed by atoms with Gasteiger partial charge in [0, 0.05) is 28.4 Å². The van der Waals surface area contributed by atoms with Gasteiger partial charge >= 0.3 is 12.0 Å². The van der Waals surface area contributed by atoms with Crippen LogP contribution in [-0.4, -0.2) is 37.0 Å². The number of hydrogen-bond donors (Lipinski definition) is 3. The molecule has 2 amide bonds. The third kappa shape index (κ3) is 4.97. The molecule has 9 nitrogen and oxygen atoms in total. The number of nitrogens with one attached hydrogen (secondary N) is 2. The molecule has 5 aromatic rings. The van der Waals surface area contributed by atoms with Crippen LogP contribution in [-0.2, 0) is 11.2 Å². The fraction of sp³-hybridized carbons (Fsp3) is 0.0400. The van der Waals surface area contributed by atoms with Gasteiger partial charge in [-0.1, -0.05) is 36.4 Å². The number of urea groups is 1. The van der Waals surface area contributed by atoms with E-state index in [4.69, 9.17) is 5.11 Å². The van der Waals surface area contributed by atoms with Crippen LogP contribution in [0.1, 0.15) is 5.56 Å². The number of carboxylic acids is 1. The summed E-state index contributed by atoms with van der Waals surface area (Å²) in [6.07, 6.45) is 4.43. The molecule has 0 aliphatic heterocycles. The van der Waals surface area contributed by atoms with Gasteiger partial charge in [-0.3, -0.25) is 10.1 Å². The van der Waals surface area contributed by atoms with Crippen molar-refractivity contribution in [1.29, 1.82) is 0 Å². The summed E-state index contributed by atoms with van der Waals surface area (Å²) in [5.74, 6) is -0.453. The van der Waals surface area contributed by atoms with Crippen LogP contribution in [0.15, 0.2) is 78.8 Å². The van der Waals surface area contributed by atoms with Crippen molar-refractivity contribution in [2.24, 2.45) is 0 Å². The largest absolute Gasteiger partial charge is 0.481 e. The number of anilines is 2. The number of benzene rings is 2. The van der Waals surface area contributed by atoms with E-state index >= 15 is 0 Å². The van der Waals surface area contributed by atoms with Gasteiger partial charge in [-0.05, 0) is 29.3 Å². The molecule has 0 aliphatic rings. The number of rotatable bonds is 6. The molecule has 35 heavy (non-hydrogen) atoms. The standard InChI is InChI=1S/C25H18N6O3S/c32-21(33)11-15-1-3-16(4-2-15)19-12-35-24-22(28-14-29-23(19)24)17-5-7-18(8-6-17)30-25(34)31-20-9-10-26-13-27-20/h1-10,12-14H,11H2,(H,32,33)(H2,26,27,30,31,34). The van der Waals surface area contributed by atoms with Gasteiger partial charge in [-0.25, -0.2) is 24.7 Å². The molecule has 0 radical (unpaired) electrons. The molecule has 172 valence electrons. The number of hydrogen-bond acceptors (Lipinski definition) is 7. The van der Waals surface area contributed by atoms with Crippen LogP contribution in [0.25, 0.3) is 32.6 Å². The van der Waals surface area contributed by atoms with Crippen molar-refractivity contribution >= 4 is 45.1 Å². The lowest BCUT2D eigenvalue weighted by molar-refractivity contribution is -0.136. The number of carboxylic acid groups (broad SMARTS) is 1. The first-order chi connectivity index (χ1) is 17.1. The van der Waals surface area contributed by atoms with E-state index in [9.17, 15) is 9.59 Å². The first-order valence-corrected chi connectivity index (χ1v) is 11.4. The summed E-state index contributed by atoms with van der Waals surface area (Å²) < 4.78 is 0.944. The second kappa shape index (κ2) is 9.65. The van der Waals surface area contributed by atoms with E-state index in [2.05, 4.69) is 30.6 Å². The predicted octanol–water partition coefficient (Wildman–Crippen LogP) is 5.09. The molecule has 3 aromatic heterocycles. The number of nitrogens with zero attached hydrogens (tertiary/aromatic N) is 4. The summed E-state index contributed by atoms with van der Waals surface area (Å²) in [5, 5.41) is 16.4. The van der Waals surface area contributed by atoms with Crippen molar-refractivity contribution in [2.45, 2.75) is 6.42 Å². The zero-order valence-electron chi connectivity index (χ0n) is 18.2. The zero-order valence-corrected chi connectivity index (χ0v) is 19.0. The van der Waals surface area contributed by atoms with Crippen LogP contribution < -0.4 is 10.6 Å². The van der Waals surface area contributed by atoms with Gasteiger partial charge in [0.2, 0.25) is 0 Å². The first-order valence-electron chi connectivity index (χ1n) is 10.5. The first kappa shape index (κ1) is 22.1. The van der Waals surface area contributed by atoms with Gasteiger partial charge in [0.05, 0.1) is 22.3 Å². The minimum absolute atomic E-state index is 0.00980. The van der Waals surface area contributed by atoms with Gasteiger partial charge in [-0.15, -0.1) is 11.3 Å². The Morgan fingerprint density at radius 1 is 0.857 bits per heavy atom. The van der Waals surface area contributed by atoms with Crippen LogP contribution in [0.3, 0.4) is 0 Å². The Balaban J connectivity index is 1.36. The Morgan fingerprint density at radius 3 is 2.34 bits per heavy atom. The summed E-state index contributed by atoms with van der Waals surface area (Å²) >= 11 is 1.55. The Bertz CT molecular complexity index is 1500. The number of fused-ring (bicyclic) bond motifs is 1. The normalized spacial score (nSPS) is 10.7.